The summed E-state index contributed by atoms with van der Waals surface area (Å²) in [5.41, 5.74) is 5.68. The maximum atomic E-state index is 5.68. The van der Waals surface area contributed by atoms with E-state index in [1.165, 1.54) is 31.0 Å². The zero-order chi connectivity index (χ0) is 6.85. The molecular weight excluding hydrogens is 477 g/mol. The van der Waals surface area contributed by atoms with E-state index in [1.807, 2.05) is 6.92 Å². The molecule has 0 aromatic carbocycles. The molecule has 0 spiro atoms. The Morgan fingerprint density at radius 1 is 1.42 bits per heavy atom. The first-order valence-electron chi connectivity index (χ1n) is 2.76. The van der Waals surface area contributed by atoms with Crippen LogP contribution in [0, 0.1) is 0 Å². The van der Waals surface area contributed by atoms with E-state index in [9.17, 15) is 0 Å². The number of hydrogen-bond donors (Lipinski definition) is 1. The Bertz CT molecular complexity index is 204. The van der Waals surface area contributed by atoms with E-state index in [0.29, 0.717) is 0 Å². The second-order valence-electron chi connectivity index (χ2n) is 1.99. The van der Waals surface area contributed by atoms with Crippen molar-refractivity contribution in [3.63, 3.8) is 0 Å². The third kappa shape index (κ3) is 5.59. The van der Waals surface area contributed by atoms with Gasteiger partial charge in [-0.05, 0) is 0 Å². The third-order valence-corrected chi connectivity index (χ3v) is 3.99. The topological polar surface area (TPSA) is 26.0 Å². The number of halogens is 3. The molecular formula is C6H11Br3NSSn. The fourth-order valence-corrected chi connectivity index (χ4v) is 3.17. The molecule has 0 saturated heterocycles. The van der Waals surface area contributed by atoms with Gasteiger partial charge in [0.1, 0.15) is 0 Å². The van der Waals surface area contributed by atoms with Crippen LogP contribution in [0.25, 0.3) is 0 Å². The first-order valence-corrected chi connectivity index (χ1v) is 5.07. The van der Waals surface area contributed by atoms with Crippen molar-refractivity contribution in [2.45, 2.75) is 13.0 Å². The molecule has 0 amide bonds. The van der Waals surface area contributed by atoms with Crippen molar-refractivity contribution in [2.75, 3.05) is 0 Å². The Balaban J connectivity index is -0.000000270. The normalized spacial score (nSPS) is 10.2. The fraction of sp³-hybridized carbons (Fsp3) is 0.333. The van der Waals surface area contributed by atoms with Gasteiger partial charge in [0.15, 0.2) is 0 Å². The molecule has 71 valence electrons. The molecule has 1 rings (SSSR count). The van der Waals surface area contributed by atoms with Crippen molar-refractivity contribution < 1.29 is 0 Å². The summed E-state index contributed by atoms with van der Waals surface area (Å²) < 4.78 is 1.40. The van der Waals surface area contributed by atoms with Crippen LogP contribution in [0.4, 0.5) is 0 Å². The summed E-state index contributed by atoms with van der Waals surface area (Å²) in [6, 6.07) is 2.36. The van der Waals surface area contributed by atoms with Crippen LogP contribution in [0.3, 0.4) is 0 Å². The molecule has 2 N–H and O–H groups in total. The second kappa shape index (κ2) is 9.45. The summed E-state index contributed by atoms with van der Waals surface area (Å²) in [6.07, 6.45) is 0. The molecule has 1 aromatic rings. The minimum atomic E-state index is 0. The summed E-state index contributed by atoms with van der Waals surface area (Å²) in [6.45, 7) is 2.03. The van der Waals surface area contributed by atoms with E-state index in [2.05, 4.69) is 11.4 Å². The Morgan fingerprint density at radius 2 is 1.92 bits per heavy atom. The van der Waals surface area contributed by atoms with Crippen molar-refractivity contribution in [1.82, 2.24) is 0 Å². The van der Waals surface area contributed by atoms with Crippen molar-refractivity contribution in [3.8, 4) is 0 Å². The minimum absolute atomic E-state index is 0. The van der Waals surface area contributed by atoms with E-state index in [1.54, 1.807) is 11.3 Å². The predicted octanol–water partition coefficient (Wildman–Crippen LogP) is 2.30. The first kappa shape index (κ1) is 19.5. The second-order valence-corrected chi connectivity index (χ2v) is 4.47. The number of nitrogens with two attached hydrogens (primary N) is 1. The van der Waals surface area contributed by atoms with Crippen LogP contribution < -0.4 is 9.31 Å². The van der Waals surface area contributed by atoms with E-state index in [4.69, 9.17) is 5.73 Å². The molecule has 1 unspecified atom stereocenters. The Labute approximate surface area is 122 Å². The van der Waals surface area contributed by atoms with Gasteiger partial charge < -0.3 is 0 Å². The molecule has 12 heavy (non-hydrogen) atoms. The van der Waals surface area contributed by atoms with Gasteiger partial charge in [-0.1, -0.05) is 0 Å². The predicted molar refractivity (Wildman–Crippen MR) is 73.3 cm³/mol. The van der Waals surface area contributed by atoms with Gasteiger partial charge in [0.05, 0.1) is 0 Å². The van der Waals surface area contributed by atoms with Crippen LogP contribution in [0.2, 0.25) is 0 Å². The molecule has 0 bridgehead atoms. The van der Waals surface area contributed by atoms with Gasteiger partial charge in [-0.25, -0.2) is 0 Å². The van der Waals surface area contributed by atoms with Crippen molar-refractivity contribution in [1.29, 1.82) is 0 Å². The average molecular weight is 488 g/mol. The van der Waals surface area contributed by atoms with Crippen LogP contribution in [-0.4, -0.2) is 22.5 Å². The van der Waals surface area contributed by atoms with Gasteiger partial charge in [0, 0.05) is 0 Å². The number of thiophene rings is 1. The third-order valence-electron chi connectivity index (χ3n) is 1.11. The number of rotatable bonds is 1. The van der Waals surface area contributed by atoms with E-state index >= 15 is 0 Å². The van der Waals surface area contributed by atoms with Crippen molar-refractivity contribution in [2.24, 2.45) is 5.73 Å². The van der Waals surface area contributed by atoms with Crippen LogP contribution in [0.15, 0.2) is 11.4 Å². The van der Waals surface area contributed by atoms with E-state index in [0.717, 1.165) is 0 Å². The standard InChI is InChI=1S/C6H8NS.3BrH.Sn/c1-5(7)6-3-2-4-8-6;;;;/h2,4-5H,7H2,1H3;3*1H;. The van der Waals surface area contributed by atoms with Crippen molar-refractivity contribution >= 4 is 88.4 Å². The summed E-state index contributed by atoms with van der Waals surface area (Å²) in [5, 5.41) is 2.10. The van der Waals surface area contributed by atoms with Gasteiger partial charge in [-0.15, -0.1) is 50.9 Å². The average Bonchev–Trinajstić information content (AvgIpc) is 2.13. The SMILES string of the molecule is Br.Br.Br.CC(N)c1scc[c]1[Sn]. The van der Waals surface area contributed by atoms with Gasteiger partial charge in [-0.2, -0.15) is 0 Å². The Hall–Kier alpha value is 1.90. The van der Waals surface area contributed by atoms with E-state index < -0.39 is 0 Å². The Morgan fingerprint density at radius 3 is 2.08 bits per heavy atom. The molecule has 1 aromatic heterocycles. The first-order chi connectivity index (χ1) is 4.22. The molecule has 6 heteroatoms. The molecule has 0 saturated carbocycles. The maximum absolute atomic E-state index is 5.68. The van der Waals surface area contributed by atoms with Gasteiger partial charge in [0.2, 0.25) is 0 Å². The summed E-state index contributed by atoms with van der Waals surface area (Å²) in [5.74, 6) is 0. The molecule has 0 aliphatic heterocycles. The van der Waals surface area contributed by atoms with Gasteiger partial charge in [0.25, 0.3) is 0 Å². The molecule has 0 aliphatic rings. The monoisotopic (exact) mass is 486 g/mol. The molecule has 0 fully saturated rings. The van der Waals surface area contributed by atoms with Crippen LogP contribution in [-0.2, 0) is 0 Å². The number of hydrogen-bond acceptors (Lipinski definition) is 2. The molecule has 1 heterocycles. The Kier molecular flexibility index (Phi) is 15.3. The van der Waals surface area contributed by atoms with Gasteiger partial charge in [-0.3, -0.25) is 0 Å². The molecule has 0 aliphatic carbocycles. The van der Waals surface area contributed by atoms with Crippen LogP contribution in [0.1, 0.15) is 17.8 Å². The molecule has 1 nitrogen and oxygen atoms in total. The van der Waals surface area contributed by atoms with Gasteiger partial charge >= 0.3 is 72.5 Å². The summed E-state index contributed by atoms with van der Waals surface area (Å²) >= 11 is 3.22. The quantitative estimate of drug-likeness (QED) is 0.605. The van der Waals surface area contributed by atoms with Crippen LogP contribution >= 0.6 is 62.3 Å². The summed E-state index contributed by atoms with van der Waals surface area (Å²) in [4.78, 5) is 1.34. The fourth-order valence-electron chi connectivity index (χ4n) is 0.674. The molecule has 1 atom stereocenters. The zero-order valence-corrected chi connectivity index (χ0v) is 15.3. The molecule has 3 radical (unpaired) electrons. The summed E-state index contributed by atoms with van der Waals surface area (Å²) in [7, 11) is 0. The van der Waals surface area contributed by atoms with E-state index in [-0.39, 0.29) is 57.0 Å². The van der Waals surface area contributed by atoms with Crippen LogP contribution in [0.5, 0.6) is 0 Å². The zero-order valence-electron chi connectivity index (χ0n) is 6.44. The van der Waals surface area contributed by atoms with Crippen molar-refractivity contribution in [3.05, 3.63) is 16.3 Å².